The summed E-state index contributed by atoms with van der Waals surface area (Å²) in [5, 5.41) is 33.1. The van der Waals surface area contributed by atoms with Gasteiger partial charge in [0.05, 0.1) is 6.10 Å². The highest BCUT2D eigenvalue weighted by atomic mass is 28.3. The molecule has 0 heterocycles. The van der Waals surface area contributed by atoms with Crippen molar-refractivity contribution in [3.63, 3.8) is 0 Å². The zero-order valence-corrected chi connectivity index (χ0v) is 15.4. The summed E-state index contributed by atoms with van der Waals surface area (Å²) in [4.78, 5) is 18.0. The van der Waals surface area contributed by atoms with Crippen molar-refractivity contribution < 1.29 is 30.0 Å². The lowest BCUT2D eigenvalue weighted by molar-refractivity contribution is -0.135. The van der Waals surface area contributed by atoms with Crippen molar-refractivity contribution in [2.24, 2.45) is 5.92 Å². The van der Waals surface area contributed by atoms with Crippen molar-refractivity contribution >= 4 is 20.0 Å². The Balaban J connectivity index is -0.000000372. The van der Waals surface area contributed by atoms with E-state index in [2.05, 4.69) is 31.1 Å². The molecule has 4 N–H and O–H groups in total. The minimum absolute atomic E-state index is 0.0216. The normalized spacial score (nSPS) is 12.2. The smallest absolute Gasteiger partial charge is 0.300 e. The van der Waals surface area contributed by atoms with Gasteiger partial charge in [0.2, 0.25) is 0 Å². The molecule has 0 bridgehead atoms. The summed E-state index contributed by atoms with van der Waals surface area (Å²) in [6, 6.07) is 0. The number of carboxylic acid groups (broad SMARTS) is 2. The van der Waals surface area contributed by atoms with E-state index in [4.69, 9.17) is 24.9 Å². The van der Waals surface area contributed by atoms with Gasteiger partial charge in [-0.2, -0.15) is 0 Å². The van der Waals surface area contributed by atoms with Crippen molar-refractivity contribution in [1.82, 2.24) is 0 Å². The summed E-state index contributed by atoms with van der Waals surface area (Å²) in [5.41, 5.74) is 3.25. The highest BCUT2D eigenvalue weighted by Crippen LogP contribution is 2.08. The summed E-state index contributed by atoms with van der Waals surface area (Å²) >= 11 is 0. The number of hydrogen-bond donors (Lipinski definition) is 4. The highest BCUT2D eigenvalue weighted by molar-refractivity contribution is 6.83. The van der Waals surface area contributed by atoms with Gasteiger partial charge in [-0.05, 0) is 19.8 Å². The van der Waals surface area contributed by atoms with Gasteiger partial charge in [-0.15, -0.1) is 11.5 Å². The van der Waals surface area contributed by atoms with E-state index in [1.807, 2.05) is 6.92 Å². The highest BCUT2D eigenvalue weighted by Gasteiger charge is 2.13. The topological polar surface area (TPSA) is 115 Å². The molecule has 0 spiro atoms. The van der Waals surface area contributed by atoms with Gasteiger partial charge >= 0.3 is 0 Å². The third-order valence-corrected chi connectivity index (χ3v) is 2.80. The molecule has 0 saturated carbocycles. The van der Waals surface area contributed by atoms with Crippen molar-refractivity contribution in [3.8, 4) is 11.5 Å². The number of aliphatic hydroxyl groups is 2. The summed E-state index contributed by atoms with van der Waals surface area (Å²) < 4.78 is 0. The average molecular weight is 334 g/mol. The van der Waals surface area contributed by atoms with E-state index in [-0.39, 0.29) is 12.5 Å². The van der Waals surface area contributed by atoms with Gasteiger partial charge in [0, 0.05) is 26.4 Å². The van der Waals surface area contributed by atoms with E-state index < -0.39 is 26.1 Å². The number of aliphatic hydroxyl groups excluding tert-OH is 2. The van der Waals surface area contributed by atoms with Gasteiger partial charge in [0.25, 0.3) is 11.9 Å². The van der Waals surface area contributed by atoms with Crippen LogP contribution in [0.1, 0.15) is 33.6 Å². The third-order valence-electron chi connectivity index (χ3n) is 1.91. The molecule has 0 aromatic carbocycles. The number of hydrogen-bond acceptors (Lipinski definition) is 4. The summed E-state index contributed by atoms with van der Waals surface area (Å²) in [6.07, 6.45) is 0.893. The van der Waals surface area contributed by atoms with Gasteiger partial charge in [-0.25, -0.2) is 0 Å². The Hall–Kier alpha value is -1.36. The van der Waals surface area contributed by atoms with E-state index in [9.17, 15) is 5.11 Å². The van der Waals surface area contributed by atoms with Crippen LogP contribution in [0.25, 0.3) is 0 Å². The molecular formula is C15H30O6Si. The van der Waals surface area contributed by atoms with Crippen LogP contribution in [0.15, 0.2) is 0 Å². The fourth-order valence-corrected chi connectivity index (χ4v) is 1.64. The van der Waals surface area contributed by atoms with E-state index in [0.717, 1.165) is 13.8 Å². The van der Waals surface area contributed by atoms with Gasteiger partial charge in [0.15, 0.2) is 0 Å². The monoisotopic (exact) mass is 334 g/mol. The van der Waals surface area contributed by atoms with Crippen LogP contribution in [0.3, 0.4) is 0 Å². The molecule has 130 valence electrons. The van der Waals surface area contributed by atoms with Crippen LogP contribution in [0, 0.1) is 17.4 Å². The van der Waals surface area contributed by atoms with E-state index in [1.165, 1.54) is 0 Å². The lowest BCUT2D eigenvalue weighted by atomic mass is 10.0. The molecule has 0 rings (SSSR count). The Morgan fingerprint density at radius 3 is 1.73 bits per heavy atom. The molecule has 2 unspecified atom stereocenters. The standard InChI is InChI=1S/C11H22O2Si.2C2H4O2/c1-10(7-9-14(2,3)4)11(13)6-5-8-12;2*1-2(3)4/h10-13H,5-6,8H2,1-4H3;2*1H3,(H,3,4). The number of rotatable bonds is 4. The van der Waals surface area contributed by atoms with Gasteiger partial charge in [0.1, 0.15) is 8.07 Å². The van der Waals surface area contributed by atoms with E-state index in [0.29, 0.717) is 12.8 Å². The number of aliphatic carboxylic acids is 2. The molecular weight excluding hydrogens is 304 g/mol. The van der Waals surface area contributed by atoms with Gasteiger partial charge in [-0.1, -0.05) is 19.6 Å². The van der Waals surface area contributed by atoms with Crippen LogP contribution in [-0.2, 0) is 9.59 Å². The van der Waals surface area contributed by atoms with Gasteiger partial charge < -0.3 is 20.4 Å². The SMILES string of the molecule is CC(=O)O.CC(=O)O.CC(C#C[Si](C)(C)C)C(O)CCCO. The third kappa shape index (κ3) is 36.3. The first-order valence-electron chi connectivity index (χ1n) is 7.04. The molecule has 7 heteroatoms. The van der Waals surface area contributed by atoms with Crippen LogP contribution >= 0.6 is 0 Å². The largest absolute Gasteiger partial charge is 0.481 e. The summed E-state index contributed by atoms with van der Waals surface area (Å²) in [7, 11) is -1.32. The molecule has 0 aromatic rings. The molecule has 0 fully saturated rings. The first kappa shape index (κ1) is 25.6. The van der Waals surface area contributed by atoms with Crippen molar-refractivity contribution in [2.75, 3.05) is 6.61 Å². The lowest BCUT2D eigenvalue weighted by Gasteiger charge is -2.13. The van der Waals surface area contributed by atoms with Crippen molar-refractivity contribution in [3.05, 3.63) is 0 Å². The fraction of sp³-hybridized carbons (Fsp3) is 0.733. The summed E-state index contributed by atoms with van der Waals surface area (Å²) in [5.74, 6) is 1.47. The quantitative estimate of drug-likeness (QED) is 0.460. The molecule has 0 aromatic heterocycles. The molecule has 0 aliphatic rings. The molecule has 0 radical (unpaired) electrons. The molecule has 2 atom stereocenters. The van der Waals surface area contributed by atoms with Crippen molar-refractivity contribution in [2.45, 2.75) is 59.4 Å². The maximum absolute atomic E-state index is 9.65. The summed E-state index contributed by atoms with van der Waals surface area (Å²) in [6.45, 7) is 10.8. The second-order valence-corrected chi connectivity index (χ2v) is 10.5. The van der Waals surface area contributed by atoms with Crippen molar-refractivity contribution in [1.29, 1.82) is 0 Å². The Labute approximate surface area is 134 Å². The zero-order valence-electron chi connectivity index (χ0n) is 14.4. The number of carboxylic acids is 2. The first-order valence-corrected chi connectivity index (χ1v) is 10.5. The molecule has 0 saturated heterocycles. The Bertz CT molecular complexity index is 344. The van der Waals surface area contributed by atoms with Crippen LogP contribution in [-0.4, -0.2) is 53.1 Å². The predicted octanol–water partition coefficient (Wildman–Crippen LogP) is 1.82. The Kier molecular flexibility index (Phi) is 16.9. The van der Waals surface area contributed by atoms with Crippen LogP contribution < -0.4 is 0 Å². The van der Waals surface area contributed by atoms with E-state index in [1.54, 1.807) is 0 Å². The second kappa shape index (κ2) is 14.6. The maximum Gasteiger partial charge on any atom is 0.300 e. The average Bonchev–Trinajstić information content (AvgIpc) is 2.30. The molecule has 0 aliphatic carbocycles. The molecule has 6 nitrogen and oxygen atoms in total. The van der Waals surface area contributed by atoms with Crippen LogP contribution in [0.2, 0.25) is 19.6 Å². The zero-order chi connectivity index (χ0) is 18.3. The maximum atomic E-state index is 9.65. The fourth-order valence-electron chi connectivity index (χ4n) is 0.977. The minimum atomic E-state index is -1.32. The lowest BCUT2D eigenvalue weighted by Crippen LogP contribution is -2.20. The Morgan fingerprint density at radius 1 is 1.09 bits per heavy atom. The van der Waals surface area contributed by atoms with Crippen LogP contribution in [0.5, 0.6) is 0 Å². The van der Waals surface area contributed by atoms with E-state index >= 15 is 0 Å². The minimum Gasteiger partial charge on any atom is -0.481 e. The molecule has 0 amide bonds. The molecule has 22 heavy (non-hydrogen) atoms. The molecule has 0 aliphatic heterocycles. The van der Waals surface area contributed by atoms with Crippen LogP contribution in [0.4, 0.5) is 0 Å². The first-order chi connectivity index (χ1) is 9.83. The second-order valence-electron chi connectivity index (χ2n) is 5.78. The van der Waals surface area contributed by atoms with Gasteiger partial charge in [-0.3, -0.25) is 9.59 Å². The predicted molar refractivity (Wildman–Crippen MR) is 89.2 cm³/mol. The number of carbonyl (C=O) groups is 2. The Morgan fingerprint density at radius 2 is 1.45 bits per heavy atom.